The van der Waals surface area contributed by atoms with Crippen molar-refractivity contribution in [3.63, 3.8) is 0 Å². The molecule has 0 fully saturated rings. The summed E-state index contributed by atoms with van der Waals surface area (Å²) in [6, 6.07) is 0. The van der Waals surface area contributed by atoms with Gasteiger partial charge in [0.15, 0.2) is 0 Å². The van der Waals surface area contributed by atoms with E-state index in [-0.39, 0.29) is 13.1 Å². The van der Waals surface area contributed by atoms with Crippen LogP contribution < -0.4 is 5.73 Å². The topological polar surface area (TPSA) is 80.2 Å². The molecule has 0 aromatic carbocycles. The molecule has 2 heterocycles. The second-order valence-corrected chi connectivity index (χ2v) is 5.32. The SMILES string of the molecule is CC(O)(CN)CCN1CCn2c(nnc2C(F)(F)F)C1. The Morgan fingerprint density at radius 2 is 2.00 bits per heavy atom. The third kappa shape index (κ3) is 3.28. The maximum Gasteiger partial charge on any atom is 0.451 e. The van der Waals surface area contributed by atoms with Crippen molar-refractivity contribution in [2.45, 2.75) is 38.2 Å². The van der Waals surface area contributed by atoms with Crippen LogP contribution in [0.2, 0.25) is 0 Å². The Morgan fingerprint density at radius 1 is 1.30 bits per heavy atom. The number of nitrogens with two attached hydrogens (primary N) is 1. The predicted octanol–water partition coefficient (Wildman–Crippen LogP) is 0.212. The van der Waals surface area contributed by atoms with Gasteiger partial charge < -0.3 is 15.4 Å². The Morgan fingerprint density at radius 3 is 2.60 bits per heavy atom. The van der Waals surface area contributed by atoms with E-state index in [0.717, 1.165) is 4.57 Å². The summed E-state index contributed by atoms with van der Waals surface area (Å²) in [6.07, 6.45) is -4.01. The van der Waals surface area contributed by atoms with Gasteiger partial charge in [0.2, 0.25) is 5.82 Å². The van der Waals surface area contributed by atoms with Gasteiger partial charge in [-0.1, -0.05) is 0 Å². The first-order valence-corrected chi connectivity index (χ1v) is 6.37. The number of hydrogen-bond donors (Lipinski definition) is 2. The lowest BCUT2D eigenvalue weighted by molar-refractivity contribution is -0.148. The van der Waals surface area contributed by atoms with Gasteiger partial charge >= 0.3 is 6.18 Å². The van der Waals surface area contributed by atoms with E-state index in [9.17, 15) is 18.3 Å². The Bertz CT molecular complexity index is 471. The number of nitrogens with zero attached hydrogens (tertiary/aromatic N) is 4. The molecule has 9 heteroatoms. The monoisotopic (exact) mass is 293 g/mol. The molecule has 0 spiro atoms. The summed E-state index contributed by atoms with van der Waals surface area (Å²) in [5.41, 5.74) is 4.47. The highest BCUT2D eigenvalue weighted by Crippen LogP contribution is 2.29. The number of aromatic nitrogens is 3. The fraction of sp³-hybridized carbons (Fsp3) is 0.818. The molecule has 1 atom stereocenters. The van der Waals surface area contributed by atoms with E-state index < -0.39 is 17.6 Å². The molecule has 0 amide bonds. The van der Waals surface area contributed by atoms with Crippen molar-refractivity contribution >= 4 is 0 Å². The van der Waals surface area contributed by atoms with Crippen LogP contribution in [-0.4, -0.2) is 50.0 Å². The summed E-state index contributed by atoms with van der Waals surface area (Å²) in [5, 5.41) is 16.6. The van der Waals surface area contributed by atoms with Crippen molar-refractivity contribution in [1.29, 1.82) is 0 Å². The molecular weight excluding hydrogens is 275 g/mol. The van der Waals surface area contributed by atoms with Gasteiger partial charge in [-0.3, -0.25) is 4.90 Å². The lowest BCUT2D eigenvalue weighted by Gasteiger charge is -2.30. The molecule has 1 aliphatic rings. The standard InChI is InChI=1S/C11H18F3N5O/c1-10(20,7-15)2-3-18-4-5-19-8(6-18)16-17-9(19)11(12,13)14/h20H,2-7,15H2,1H3. The average molecular weight is 293 g/mol. The van der Waals surface area contributed by atoms with Gasteiger partial charge in [-0.15, -0.1) is 10.2 Å². The minimum absolute atomic E-state index is 0.148. The van der Waals surface area contributed by atoms with Gasteiger partial charge in [0.1, 0.15) is 5.82 Å². The summed E-state index contributed by atoms with van der Waals surface area (Å²) in [5.74, 6) is -0.642. The largest absolute Gasteiger partial charge is 0.451 e. The molecule has 0 saturated heterocycles. The minimum Gasteiger partial charge on any atom is -0.389 e. The van der Waals surface area contributed by atoms with Gasteiger partial charge in [0, 0.05) is 26.2 Å². The van der Waals surface area contributed by atoms with Crippen molar-refractivity contribution in [3.8, 4) is 0 Å². The summed E-state index contributed by atoms with van der Waals surface area (Å²) < 4.78 is 39.1. The van der Waals surface area contributed by atoms with Crippen molar-refractivity contribution in [3.05, 3.63) is 11.6 Å². The fourth-order valence-electron chi connectivity index (χ4n) is 2.11. The van der Waals surface area contributed by atoms with E-state index in [0.29, 0.717) is 31.9 Å². The van der Waals surface area contributed by atoms with Crippen LogP contribution in [0.25, 0.3) is 0 Å². The van der Waals surface area contributed by atoms with Gasteiger partial charge in [0.05, 0.1) is 12.1 Å². The lowest BCUT2D eigenvalue weighted by Crippen LogP contribution is -2.41. The Balaban J connectivity index is 2.01. The zero-order valence-corrected chi connectivity index (χ0v) is 11.2. The van der Waals surface area contributed by atoms with Crippen LogP contribution in [0.3, 0.4) is 0 Å². The number of aliphatic hydroxyl groups is 1. The zero-order chi connectivity index (χ0) is 15.0. The number of rotatable bonds is 4. The van der Waals surface area contributed by atoms with Crippen LogP contribution >= 0.6 is 0 Å². The Kier molecular flexibility index (Phi) is 4.03. The van der Waals surface area contributed by atoms with E-state index in [1.165, 1.54) is 0 Å². The molecule has 3 N–H and O–H groups in total. The second kappa shape index (κ2) is 5.30. The summed E-state index contributed by atoms with van der Waals surface area (Å²) in [7, 11) is 0. The molecule has 114 valence electrons. The van der Waals surface area contributed by atoms with Crippen LogP contribution in [0.1, 0.15) is 25.0 Å². The highest BCUT2D eigenvalue weighted by atomic mass is 19.4. The number of fused-ring (bicyclic) bond motifs is 1. The third-order valence-electron chi connectivity index (χ3n) is 3.49. The van der Waals surface area contributed by atoms with Crippen LogP contribution in [0.15, 0.2) is 0 Å². The van der Waals surface area contributed by atoms with Crippen molar-refractivity contribution in [1.82, 2.24) is 19.7 Å². The molecular formula is C11H18F3N5O. The van der Waals surface area contributed by atoms with Crippen molar-refractivity contribution < 1.29 is 18.3 Å². The number of alkyl halides is 3. The first-order valence-electron chi connectivity index (χ1n) is 6.37. The first-order chi connectivity index (χ1) is 9.23. The van der Waals surface area contributed by atoms with Gasteiger partial charge in [-0.05, 0) is 13.3 Å². The number of halogens is 3. The first kappa shape index (κ1) is 15.2. The maximum absolute atomic E-state index is 12.7. The van der Waals surface area contributed by atoms with Crippen LogP contribution in [0.4, 0.5) is 13.2 Å². The van der Waals surface area contributed by atoms with Crippen LogP contribution in [-0.2, 0) is 19.3 Å². The molecule has 1 unspecified atom stereocenters. The molecule has 1 aromatic rings. The highest BCUT2D eigenvalue weighted by molar-refractivity contribution is 5.02. The van der Waals surface area contributed by atoms with Gasteiger partial charge in [-0.25, -0.2) is 0 Å². The fourth-order valence-corrected chi connectivity index (χ4v) is 2.11. The summed E-state index contributed by atoms with van der Waals surface area (Å²) in [6.45, 7) is 3.30. The molecule has 20 heavy (non-hydrogen) atoms. The van der Waals surface area contributed by atoms with Crippen LogP contribution in [0, 0.1) is 0 Å². The quantitative estimate of drug-likeness (QED) is 0.829. The van der Waals surface area contributed by atoms with E-state index >= 15 is 0 Å². The minimum atomic E-state index is -4.48. The van der Waals surface area contributed by atoms with E-state index in [1.54, 1.807) is 6.92 Å². The molecule has 0 bridgehead atoms. The smallest absolute Gasteiger partial charge is 0.389 e. The highest BCUT2D eigenvalue weighted by Gasteiger charge is 2.39. The molecule has 0 aliphatic carbocycles. The average Bonchev–Trinajstić information content (AvgIpc) is 2.79. The number of hydrogen-bond acceptors (Lipinski definition) is 5. The Labute approximate surface area is 114 Å². The predicted molar refractivity (Wildman–Crippen MR) is 64.6 cm³/mol. The normalized spacial score (nSPS) is 19.7. The molecule has 6 nitrogen and oxygen atoms in total. The molecule has 1 aromatic heterocycles. The van der Waals surface area contributed by atoms with Gasteiger partial charge in [-0.2, -0.15) is 13.2 Å². The van der Waals surface area contributed by atoms with Crippen molar-refractivity contribution in [2.24, 2.45) is 5.73 Å². The molecule has 0 saturated carbocycles. The van der Waals surface area contributed by atoms with E-state index in [2.05, 4.69) is 10.2 Å². The van der Waals surface area contributed by atoms with Crippen LogP contribution in [0.5, 0.6) is 0 Å². The molecule has 2 rings (SSSR count). The zero-order valence-electron chi connectivity index (χ0n) is 11.2. The van der Waals surface area contributed by atoms with Crippen molar-refractivity contribution in [2.75, 3.05) is 19.6 Å². The Hall–Kier alpha value is -1.19. The maximum atomic E-state index is 12.7. The molecule has 0 radical (unpaired) electrons. The second-order valence-electron chi connectivity index (χ2n) is 5.32. The molecule has 1 aliphatic heterocycles. The van der Waals surface area contributed by atoms with Gasteiger partial charge in [0.25, 0.3) is 0 Å². The van der Waals surface area contributed by atoms with E-state index in [4.69, 9.17) is 5.73 Å². The lowest BCUT2D eigenvalue weighted by atomic mass is 10.0. The third-order valence-corrected chi connectivity index (χ3v) is 3.49. The summed E-state index contributed by atoms with van der Waals surface area (Å²) >= 11 is 0. The summed E-state index contributed by atoms with van der Waals surface area (Å²) in [4.78, 5) is 1.94. The van der Waals surface area contributed by atoms with E-state index in [1.807, 2.05) is 4.90 Å².